The highest BCUT2D eigenvalue weighted by Crippen LogP contribution is 2.44. The molecule has 2 atom stereocenters. The summed E-state index contributed by atoms with van der Waals surface area (Å²) in [6.07, 6.45) is 0. The Balaban J connectivity index is 1.78. The fraction of sp³-hybridized carbons (Fsp3) is 0.269. The molecule has 1 aromatic heterocycles. The third-order valence-corrected chi connectivity index (χ3v) is 6.72. The Morgan fingerprint density at radius 3 is 2.56 bits per heavy atom. The number of esters is 1. The second-order valence-electron chi connectivity index (χ2n) is 7.77. The van der Waals surface area contributed by atoms with Crippen LogP contribution in [0.1, 0.15) is 50.0 Å². The quantitative estimate of drug-likeness (QED) is 0.482. The molecule has 4 rings (SSSR count). The number of hydrogen-bond donors (Lipinski definition) is 1. The summed E-state index contributed by atoms with van der Waals surface area (Å²) in [6, 6.07) is 17.3. The molecule has 7 nitrogen and oxygen atoms in total. The zero-order chi connectivity index (χ0) is 24.1. The number of hydrogen-bond acceptors (Lipinski definition) is 6. The van der Waals surface area contributed by atoms with Crippen molar-refractivity contribution in [3.8, 4) is 0 Å². The van der Waals surface area contributed by atoms with E-state index in [4.69, 9.17) is 9.47 Å². The Morgan fingerprint density at radius 1 is 1.06 bits per heavy atom. The molecule has 0 spiro atoms. The summed E-state index contributed by atoms with van der Waals surface area (Å²) in [5.41, 5.74) is 1.80. The van der Waals surface area contributed by atoms with Crippen molar-refractivity contribution < 1.29 is 23.9 Å². The maximum Gasteiger partial charge on any atom is 0.340 e. The number of benzene rings is 2. The first-order valence-corrected chi connectivity index (χ1v) is 11.9. The monoisotopic (exact) mass is 478 g/mol. The molecule has 2 amide bonds. The number of carbonyl (C=O) groups is 3. The highest BCUT2D eigenvalue weighted by atomic mass is 32.1. The lowest BCUT2D eigenvalue weighted by atomic mass is 9.81. The van der Waals surface area contributed by atoms with E-state index in [0.717, 1.165) is 4.88 Å². The molecule has 0 fully saturated rings. The van der Waals surface area contributed by atoms with Crippen molar-refractivity contribution >= 4 is 34.8 Å². The Morgan fingerprint density at radius 2 is 1.82 bits per heavy atom. The summed E-state index contributed by atoms with van der Waals surface area (Å²) in [5.74, 6) is -1.63. The van der Waals surface area contributed by atoms with E-state index in [1.54, 1.807) is 55.3 Å². The van der Waals surface area contributed by atoms with Crippen molar-refractivity contribution in [2.24, 2.45) is 0 Å². The van der Waals surface area contributed by atoms with Gasteiger partial charge in [0.2, 0.25) is 5.91 Å². The molecule has 0 bridgehead atoms. The van der Waals surface area contributed by atoms with Crippen molar-refractivity contribution in [3.05, 3.63) is 87.6 Å². The molecule has 1 aliphatic rings. The van der Waals surface area contributed by atoms with Crippen LogP contribution < -0.4 is 5.32 Å². The molecular weight excluding hydrogens is 452 g/mol. The molecule has 0 radical (unpaired) electrons. The Hall–Kier alpha value is -3.49. The van der Waals surface area contributed by atoms with Gasteiger partial charge in [0.1, 0.15) is 0 Å². The predicted octanol–water partition coefficient (Wildman–Crippen LogP) is 4.49. The van der Waals surface area contributed by atoms with Gasteiger partial charge in [-0.05, 0) is 42.1 Å². The van der Waals surface area contributed by atoms with Crippen LogP contribution in [0.4, 0.5) is 5.69 Å². The van der Waals surface area contributed by atoms with Crippen LogP contribution in [-0.2, 0) is 14.3 Å². The Labute approximate surface area is 202 Å². The molecule has 0 saturated carbocycles. The van der Waals surface area contributed by atoms with Crippen LogP contribution in [0, 0.1) is 0 Å². The van der Waals surface area contributed by atoms with Crippen molar-refractivity contribution in [3.63, 3.8) is 0 Å². The average molecular weight is 479 g/mol. The average Bonchev–Trinajstić information content (AvgIpc) is 3.38. The van der Waals surface area contributed by atoms with E-state index in [2.05, 4.69) is 5.32 Å². The van der Waals surface area contributed by atoms with Gasteiger partial charge in [-0.25, -0.2) is 4.79 Å². The lowest BCUT2D eigenvalue weighted by Gasteiger charge is -2.41. The summed E-state index contributed by atoms with van der Waals surface area (Å²) in [6.45, 7) is 2.65. The number of carbonyl (C=O) groups excluding carboxylic acids is 3. The Bertz CT molecular complexity index is 1180. The molecule has 0 saturated heterocycles. The number of amides is 2. The van der Waals surface area contributed by atoms with Crippen LogP contribution >= 0.6 is 11.3 Å². The topological polar surface area (TPSA) is 84.9 Å². The lowest BCUT2D eigenvalue weighted by molar-refractivity contribution is -0.119. The second-order valence-corrected chi connectivity index (χ2v) is 8.75. The normalized spacial score (nSPS) is 17.2. The molecule has 8 heteroatoms. The van der Waals surface area contributed by atoms with E-state index in [1.165, 1.54) is 11.3 Å². The van der Waals surface area contributed by atoms with E-state index in [1.807, 2.05) is 29.6 Å². The molecule has 2 unspecified atom stereocenters. The molecule has 3 aromatic rings. The zero-order valence-electron chi connectivity index (χ0n) is 19.0. The zero-order valence-corrected chi connectivity index (χ0v) is 19.8. The van der Waals surface area contributed by atoms with Crippen molar-refractivity contribution in [1.29, 1.82) is 0 Å². The van der Waals surface area contributed by atoms with Gasteiger partial charge in [-0.15, -0.1) is 11.3 Å². The van der Waals surface area contributed by atoms with E-state index in [9.17, 15) is 14.4 Å². The largest absolute Gasteiger partial charge is 0.462 e. The van der Waals surface area contributed by atoms with Crippen molar-refractivity contribution in [2.45, 2.75) is 18.9 Å². The molecule has 1 N–H and O–H groups in total. The van der Waals surface area contributed by atoms with Crippen LogP contribution in [0.2, 0.25) is 0 Å². The fourth-order valence-electron chi connectivity index (χ4n) is 4.28. The number of fused-ring (bicyclic) bond motifs is 1. The molecule has 2 heterocycles. The van der Waals surface area contributed by atoms with Gasteiger partial charge in [-0.2, -0.15) is 0 Å². The van der Waals surface area contributed by atoms with Crippen LogP contribution in [0.3, 0.4) is 0 Å². The molecule has 34 heavy (non-hydrogen) atoms. The summed E-state index contributed by atoms with van der Waals surface area (Å²) in [4.78, 5) is 42.4. The maximum atomic E-state index is 13.9. The highest BCUT2D eigenvalue weighted by molar-refractivity contribution is 7.10. The van der Waals surface area contributed by atoms with Crippen LogP contribution in [-0.4, -0.2) is 49.6 Å². The lowest BCUT2D eigenvalue weighted by Crippen LogP contribution is -2.47. The summed E-state index contributed by atoms with van der Waals surface area (Å²) in [5, 5.41) is 4.87. The standard InChI is InChI=1S/C26H26N2O5S/c1-3-33-26(31)19-11-6-7-12-20(19)27-24(29)22-17-9-4-5-10-18(17)25(30)28(14-15-32-2)23(22)21-13-8-16-34-21/h4-13,16,22-23H,3,14-15H2,1-2H3,(H,27,29). The van der Waals surface area contributed by atoms with Gasteiger partial charge < -0.3 is 19.7 Å². The van der Waals surface area contributed by atoms with Gasteiger partial charge in [-0.3, -0.25) is 9.59 Å². The molecule has 2 aromatic carbocycles. The smallest absolute Gasteiger partial charge is 0.340 e. The predicted molar refractivity (Wildman–Crippen MR) is 130 cm³/mol. The SMILES string of the molecule is CCOC(=O)c1ccccc1NC(=O)C1c2ccccc2C(=O)N(CCOC)C1c1cccs1. The van der Waals surface area contributed by atoms with Gasteiger partial charge in [0.05, 0.1) is 36.4 Å². The van der Waals surface area contributed by atoms with Crippen molar-refractivity contribution in [1.82, 2.24) is 4.90 Å². The number of thiophene rings is 1. The number of methoxy groups -OCH3 is 1. The fourth-order valence-corrected chi connectivity index (χ4v) is 5.15. The number of rotatable bonds is 8. The first-order chi connectivity index (χ1) is 16.6. The summed E-state index contributed by atoms with van der Waals surface area (Å²) in [7, 11) is 1.58. The third-order valence-electron chi connectivity index (χ3n) is 5.77. The van der Waals surface area contributed by atoms with Crippen LogP contribution in [0.5, 0.6) is 0 Å². The highest BCUT2D eigenvalue weighted by Gasteiger charge is 2.44. The number of ether oxygens (including phenoxy) is 2. The molecule has 176 valence electrons. The third kappa shape index (κ3) is 4.60. The van der Waals surface area contributed by atoms with E-state index in [-0.39, 0.29) is 24.0 Å². The minimum absolute atomic E-state index is 0.137. The van der Waals surface area contributed by atoms with Gasteiger partial charge in [0, 0.05) is 24.1 Å². The second kappa shape index (κ2) is 10.6. The number of anilines is 1. The first kappa shape index (κ1) is 23.7. The van der Waals surface area contributed by atoms with Gasteiger partial charge in [-0.1, -0.05) is 36.4 Å². The van der Waals surface area contributed by atoms with E-state index >= 15 is 0 Å². The summed E-state index contributed by atoms with van der Waals surface area (Å²) >= 11 is 1.50. The minimum atomic E-state index is -0.681. The van der Waals surface area contributed by atoms with Crippen molar-refractivity contribution in [2.75, 3.05) is 32.2 Å². The molecular formula is C26H26N2O5S. The number of nitrogens with one attached hydrogen (secondary N) is 1. The van der Waals surface area contributed by atoms with Crippen LogP contribution in [0.15, 0.2) is 66.0 Å². The van der Waals surface area contributed by atoms with Gasteiger partial charge in [0.15, 0.2) is 0 Å². The van der Waals surface area contributed by atoms with E-state index < -0.39 is 17.9 Å². The minimum Gasteiger partial charge on any atom is -0.462 e. The summed E-state index contributed by atoms with van der Waals surface area (Å²) < 4.78 is 10.4. The number of nitrogens with zero attached hydrogens (tertiary/aromatic N) is 1. The van der Waals surface area contributed by atoms with E-state index in [0.29, 0.717) is 30.0 Å². The molecule has 0 aliphatic carbocycles. The number of para-hydroxylation sites is 1. The first-order valence-electron chi connectivity index (χ1n) is 11.1. The maximum absolute atomic E-state index is 13.9. The molecule has 1 aliphatic heterocycles. The van der Waals surface area contributed by atoms with Gasteiger partial charge >= 0.3 is 5.97 Å². The van der Waals surface area contributed by atoms with Gasteiger partial charge in [0.25, 0.3) is 5.91 Å². The Kier molecular flexibility index (Phi) is 7.40. The van der Waals surface area contributed by atoms with Crippen LogP contribution in [0.25, 0.3) is 0 Å².